The summed E-state index contributed by atoms with van der Waals surface area (Å²) >= 11 is 5.99. The third kappa shape index (κ3) is 4.42. The number of hydrogen-bond acceptors (Lipinski definition) is 6. The maximum Gasteiger partial charge on any atom is 0.222 e. The quantitative estimate of drug-likeness (QED) is 0.731. The van der Waals surface area contributed by atoms with E-state index in [2.05, 4.69) is 14.8 Å². The van der Waals surface area contributed by atoms with Gasteiger partial charge in [-0.25, -0.2) is 4.98 Å². The van der Waals surface area contributed by atoms with Gasteiger partial charge in [-0.1, -0.05) is 29.8 Å². The smallest absolute Gasteiger partial charge is 0.222 e. The van der Waals surface area contributed by atoms with Gasteiger partial charge < -0.3 is 19.5 Å². The number of rotatable bonds is 7. The summed E-state index contributed by atoms with van der Waals surface area (Å²) in [5, 5.41) is 11.6. The first-order chi connectivity index (χ1) is 13.1. The molecule has 0 saturated carbocycles. The lowest BCUT2D eigenvalue weighted by molar-refractivity contribution is -0.271. The van der Waals surface area contributed by atoms with Gasteiger partial charge in [0, 0.05) is 63.7 Å². The average Bonchev–Trinajstić information content (AvgIpc) is 2.72. The molecule has 0 spiro atoms. The van der Waals surface area contributed by atoms with E-state index in [9.17, 15) is 5.11 Å². The molecule has 1 N–H and O–H groups in total. The highest BCUT2D eigenvalue weighted by Gasteiger charge is 2.41. The molecule has 0 bridgehead atoms. The molecule has 1 fully saturated rings. The number of anilines is 1. The van der Waals surface area contributed by atoms with Crippen LogP contribution in [0, 0.1) is 0 Å². The molecule has 0 amide bonds. The van der Waals surface area contributed by atoms with Gasteiger partial charge in [-0.15, -0.1) is 0 Å². The molecule has 2 aromatic rings. The molecular formula is C20H26ClN3O3. The van der Waals surface area contributed by atoms with Crippen molar-refractivity contribution in [1.82, 2.24) is 9.88 Å². The second-order valence-corrected chi connectivity index (χ2v) is 7.01. The molecule has 27 heavy (non-hydrogen) atoms. The van der Waals surface area contributed by atoms with Gasteiger partial charge in [-0.3, -0.25) is 4.90 Å². The van der Waals surface area contributed by atoms with Crippen molar-refractivity contribution >= 4 is 17.4 Å². The number of methoxy groups -OCH3 is 2. The molecule has 6 nitrogen and oxygen atoms in total. The highest BCUT2D eigenvalue weighted by Crippen LogP contribution is 2.31. The second-order valence-electron chi connectivity index (χ2n) is 6.57. The number of aliphatic hydroxyl groups is 1. The summed E-state index contributed by atoms with van der Waals surface area (Å²) in [6, 6.07) is 13.1. The van der Waals surface area contributed by atoms with E-state index in [0.717, 1.165) is 37.6 Å². The Kier molecular flexibility index (Phi) is 6.68. The van der Waals surface area contributed by atoms with Crippen LogP contribution in [-0.4, -0.2) is 68.0 Å². The van der Waals surface area contributed by atoms with E-state index >= 15 is 0 Å². The van der Waals surface area contributed by atoms with Crippen LogP contribution in [0.15, 0.2) is 48.7 Å². The molecule has 0 aliphatic carbocycles. The minimum absolute atomic E-state index is 0.445. The fraction of sp³-hybridized carbons (Fsp3) is 0.450. The fourth-order valence-electron chi connectivity index (χ4n) is 3.53. The number of halogens is 1. The van der Waals surface area contributed by atoms with Crippen LogP contribution in [-0.2, 0) is 15.3 Å². The van der Waals surface area contributed by atoms with Gasteiger partial charge in [-0.2, -0.15) is 0 Å². The topological polar surface area (TPSA) is 58.1 Å². The van der Waals surface area contributed by atoms with E-state index in [1.807, 2.05) is 36.5 Å². The molecule has 1 atom stereocenters. The summed E-state index contributed by atoms with van der Waals surface area (Å²) in [6.45, 7) is 3.82. The number of β-amino-alcohol motifs (C(OH)–C–C–N with tert-alkyl or cyclic N) is 1. The predicted molar refractivity (Wildman–Crippen MR) is 106 cm³/mol. The van der Waals surface area contributed by atoms with Gasteiger partial charge in [0.2, 0.25) is 5.79 Å². The van der Waals surface area contributed by atoms with Crippen LogP contribution in [0.2, 0.25) is 5.02 Å². The van der Waals surface area contributed by atoms with Crippen LogP contribution in [0.4, 0.5) is 5.82 Å². The summed E-state index contributed by atoms with van der Waals surface area (Å²) in [7, 11) is 3.08. The highest BCUT2D eigenvalue weighted by atomic mass is 35.5. The van der Waals surface area contributed by atoms with Crippen molar-refractivity contribution in [3.8, 4) is 0 Å². The van der Waals surface area contributed by atoms with Crippen LogP contribution in [0.25, 0.3) is 0 Å². The van der Waals surface area contributed by atoms with Crippen LogP contribution in [0.3, 0.4) is 0 Å². The number of piperazine rings is 1. The SMILES string of the molecule is COC(OC)(c1ccc(Cl)cc1)C(O)CN1CCN(c2ccccn2)CC1. The van der Waals surface area contributed by atoms with Crippen LogP contribution < -0.4 is 4.90 Å². The van der Waals surface area contributed by atoms with Crippen molar-refractivity contribution in [1.29, 1.82) is 0 Å². The van der Waals surface area contributed by atoms with Crippen molar-refractivity contribution in [2.24, 2.45) is 0 Å². The molecule has 7 heteroatoms. The summed E-state index contributed by atoms with van der Waals surface area (Å²) in [5.41, 5.74) is 0.733. The summed E-state index contributed by atoms with van der Waals surface area (Å²) in [6.07, 6.45) is 0.957. The van der Waals surface area contributed by atoms with Gasteiger partial charge in [0.1, 0.15) is 11.9 Å². The Bertz CT molecular complexity index is 702. The number of pyridine rings is 1. The Balaban J connectivity index is 1.65. The van der Waals surface area contributed by atoms with Crippen molar-refractivity contribution in [3.05, 3.63) is 59.2 Å². The lowest BCUT2D eigenvalue weighted by atomic mass is 9.99. The van der Waals surface area contributed by atoms with Gasteiger partial charge in [0.15, 0.2) is 0 Å². The number of benzene rings is 1. The van der Waals surface area contributed by atoms with Crippen molar-refractivity contribution in [2.75, 3.05) is 51.8 Å². The number of ether oxygens (including phenoxy) is 2. The molecule has 146 valence electrons. The number of nitrogens with zero attached hydrogens (tertiary/aromatic N) is 3. The number of aromatic nitrogens is 1. The van der Waals surface area contributed by atoms with E-state index in [0.29, 0.717) is 11.6 Å². The fourth-order valence-corrected chi connectivity index (χ4v) is 3.66. The molecule has 1 saturated heterocycles. The summed E-state index contributed by atoms with van der Waals surface area (Å²) in [4.78, 5) is 8.88. The van der Waals surface area contributed by atoms with Crippen LogP contribution in [0.1, 0.15) is 5.56 Å². The van der Waals surface area contributed by atoms with Gasteiger partial charge in [0.05, 0.1) is 0 Å². The lowest BCUT2D eigenvalue weighted by Gasteiger charge is -2.40. The lowest BCUT2D eigenvalue weighted by Crippen LogP contribution is -2.54. The molecule has 1 aliphatic heterocycles. The summed E-state index contributed by atoms with van der Waals surface area (Å²) in [5.74, 6) is -0.245. The highest BCUT2D eigenvalue weighted by molar-refractivity contribution is 6.30. The van der Waals surface area contributed by atoms with E-state index in [4.69, 9.17) is 21.1 Å². The van der Waals surface area contributed by atoms with Crippen LogP contribution in [0.5, 0.6) is 0 Å². The Morgan fingerprint density at radius 3 is 2.30 bits per heavy atom. The molecule has 1 aromatic heterocycles. The predicted octanol–water partition coefficient (Wildman–Crippen LogP) is 2.36. The maximum atomic E-state index is 11.0. The maximum absolute atomic E-state index is 11.0. The number of aliphatic hydroxyl groups excluding tert-OH is 1. The third-order valence-electron chi connectivity index (χ3n) is 5.07. The molecular weight excluding hydrogens is 366 g/mol. The minimum Gasteiger partial charge on any atom is -0.386 e. The summed E-state index contributed by atoms with van der Waals surface area (Å²) < 4.78 is 11.3. The van der Waals surface area contributed by atoms with Gasteiger partial charge >= 0.3 is 0 Å². The van der Waals surface area contributed by atoms with E-state index in [1.54, 1.807) is 26.4 Å². The monoisotopic (exact) mass is 391 g/mol. The molecule has 1 unspecified atom stereocenters. The zero-order valence-electron chi connectivity index (χ0n) is 15.7. The van der Waals surface area contributed by atoms with E-state index in [1.165, 1.54) is 0 Å². The zero-order valence-corrected chi connectivity index (χ0v) is 16.5. The Labute approximate surface area is 165 Å². The molecule has 1 aliphatic rings. The van der Waals surface area contributed by atoms with Crippen LogP contribution >= 0.6 is 11.6 Å². The second kappa shape index (κ2) is 8.99. The first kappa shape index (κ1) is 20.0. The Morgan fingerprint density at radius 2 is 1.74 bits per heavy atom. The van der Waals surface area contributed by atoms with E-state index in [-0.39, 0.29) is 0 Å². The molecule has 2 heterocycles. The average molecular weight is 392 g/mol. The van der Waals surface area contributed by atoms with Crippen molar-refractivity contribution in [3.63, 3.8) is 0 Å². The zero-order chi connectivity index (χ0) is 19.3. The first-order valence-electron chi connectivity index (χ1n) is 9.02. The Hall–Kier alpha value is -1.70. The minimum atomic E-state index is -1.23. The molecule has 1 aromatic carbocycles. The van der Waals surface area contributed by atoms with Gasteiger partial charge in [-0.05, 0) is 24.3 Å². The molecule has 0 radical (unpaired) electrons. The largest absolute Gasteiger partial charge is 0.386 e. The van der Waals surface area contributed by atoms with Gasteiger partial charge in [0.25, 0.3) is 0 Å². The Morgan fingerprint density at radius 1 is 1.07 bits per heavy atom. The van der Waals surface area contributed by atoms with Crippen molar-refractivity contribution < 1.29 is 14.6 Å². The standard InChI is InChI=1S/C20H26ClN3O3/c1-26-20(27-2,16-6-8-17(21)9-7-16)18(25)15-23-11-13-24(14-12-23)19-5-3-4-10-22-19/h3-10,18,25H,11-15H2,1-2H3. The normalized spacial score (nSPS) is 17.1. The third-order valence-corrected chi connectivity index (χ3v) is 5.32. The molecule has 3 rings (SSSR count). The van der Waals surface area contributed by atoms with Crippen molar-refractivity contribution in [2.45, 2.75) is 11.9 Å². The van der Waals surface area contributed by atoms with E-state index < -0.39 is 11.9 Å². The first-order valence-corrected chi connectivity index (χ1v) is 9.39. The number of hydrogen-bond donors (Lipinski definition) is 1.